The van der Waals surface area contributed by atoms with Crippen LogP contribution in [0.1, 0.15) is 0 Å². The lowest BCUT2D eigenvalue weighted by atomic mass is 10.2. The number of aromatic nitrogens is 2. The van der Waals surface area contributed by atoms with Crippen LogP contribution in [0.25, 0.3) is 0 Å². The van der Waals surface area contributed by atoms with Gasteiger partial charge in [-0.1, -0.05) is 0 Å². The second-order valence-electron chi connectivity index (χ2n) is 3.44. The van der Waals surface area contributed by atoms with Gasteiger partial charge in [-0.25, -0.2) is 14.8 Å². The predicted octanol–water partition coefficient (Wildman–Crippen LogP) is 0.415. The van der Waals surface area contributed by atoms with Crippen molar-refractivity contribution in [2.24, 2.45) is 0 Å². The maximum Gasteiger partial charge on any atom is 0.327 e. The first-order valence-electron chi connectivity index (χ1n) is 4.87. The molecule has 8 heteroatoms. The Morgan fingerprint density at radius 1 is 1.65 bits per heavy atom. The molecule has 2 N–H and O–H groups in total. The number of hydrogen-bond donors (Lipinski definition) is 2. The monoisotopic (exact) mass is 278 g/mol. The number of anilines is 1. The Kier molecular flexibility index (Phi) is 4.92. The summed E-state index contributed by atoms with van der Waals surface area (Å²) in [7, 11) is 0. The number of carboxylic acids is 1. The zero-order valence-electron chi connectivity index (χ0n) is 8.84. The molecule has 0 amide bonds. The molecule has 0 aromatic carbocycles. The summed E-state index contributed by atoms with van der Waals surface area (Å²) < 4.78 is 0. The molecule has 1 unspecified atom stereocenters. The Hall–Kier alpha value is -1.11. The number of carbonyl (C=O) groups is 1. The van der Waals surface area contributed by atoms with E-state index in [1.165, 1.54) is 6.20 Å². The van der Waals surface area contributed by atoms with E-state index in [-0.39, 0.29) is 17.7 Å². The summed E-state index contributed by atoms with van der Waals surface area (Å²) in [4.78, 5) is 20.6. The van der Waals surface area contributed by atoms with Gasteiger partial charge in [0.1, 0.15) is 11.9 Å². The zero-order valence-corrected chi connectivity index (χ0v) is 10.4. The van der Waals surface area contributed by atoms with Crippen molar-refractivity contribution in [3.8, 4) is 0 Å². The molecule has 0 bridgehead atoms. The highest BCUT2D eigenvalue weighted by Gasteiger charge is 2.29. The molecular weight excluding hydrogens is 267 g/mol. The zero-order chi connectivity index (χ0) is 11.5. The molecule has 94 valence electrons. The van der Waals surface area contributed by atoms with Gasteiger partial charge in [-0.3, -0.25) is 0 Å². The largest absolute Gasteiger partial charge is 0.480 e. The van der Waals surface area contributed by atoms with Crippen molar-refractivity contribution in [1.29, 1.82) is 0 Å². The van der Waals surface area contributed by atoms with Crippen LogP contribution in [-0.2, 0) is 4.79 Å². The molecule has 1 saturated heterocycles. The first-order chi connectivity index (χ1) is 7.68. The van der Waals surface area contributed by atoms with Crippen LogP contribution in [-0.4, -0.2) is 46.7 Å². The Morgan fingerprint density at radius 2 is 2.41 bits per heavy atom. The Labute approximate surface area is 109 Å². The number of piperazine rings is 1. The highest BCUT2D eigenvalue weighted by molar-refractivity contribution is 6.28. The van der Waals surface area contributed by atoms with Gasteiger partial charge in [0.15, 0.2) is 0 Å². The standard InChI is InChI=1S/C9H11ClN4O2.ClH/c10-9-12-2-1-7(13-9)14-4-3-11-5-6(14)8(15)16;/h1-2,6,11H,3-5H2,(H,15,16);1H. The number of aliphatic carboxylic acids is 1. The summed E-state index contributed by atoms with van der Waals surface area (Å²) in [5.74, 6) is -0.323. The number of halogens is 2. The molecule has 6 nitrogen and oxygen atoms in total. The number of carboxylic acid groups (broad SMARTS) is 1. The van der Waals surface area contributed by atoms with E-state index in [0.717, 1.165) is 6.54 Å². The Morgan fingerprint density at radius 3 is 3.06 bits per heavy atom. The third-order valence-electron chi connectivity index (χ3n) is 2.43. The molecule has 2 heterocycles. The molecule has 0 saturated carbocycles. The predicted molar refractivity (Wildman–Crippen MR) is 65.9 cm³/mol. The highest BCUT2D eigenvalue weighted by atomic mass is 35.5. The fourth-order valence-corrected chi connectivity index (χ4v) is 1.83. The number of nitrogens with zero attached hydrogens (tertiary/aromatic N) is 3. The van der Waals surface area contributed by atoms with Crippen molar-refractivity contribution in [3.63, 3.8) is 0 Å². The summed E-state index contributed by atoms with van der Waals surface area (Å²) in [5, 5.41) is 12.2. The minimum Gasteiger partial charge on any atom is -0.480 e. The van der Waals surface area contributed by atoms with Crippen molar-refractivity contribution in [2.75, 3.05) is 24.5 Å². The maximum absolute atomic E-state index is 11.1. The van der Waals surface area contributed by atoms with Crippen molar-refractivity contribution in [3.05, 3.63) is 17.5 Å². The average molecular weight is 279 g/mol. The molecule has 1 atom stereocenters. The minimum atomic E-state index is -0.873. The van der Waals surface area contributed by atoms with Gasteiger partial charge in [0.25, 0.3) is 0 Å². The molecule has 0 spiro atoms. The lowest BCUT2D eigenvalue weighted by molar-refractivity contribution is -0.138. The molecule has 0 aliphatic carbocycles. The molecule has 1 aromatic heterocycles. The van der Waals surface area contributed by atoms with E-state index in [9.17, 15) is 4.79 Å². The van der Waals surface area contributed by atoms with Crippen molar-refractivity contribution >= 4 is 35.8 Å². The first kappa shape index (κ1) is 14.0. The van der Waals surface area contributed by atoms with E-state index < -0.39 is 12.0 Å². The molecular formula is C9H12Cl2N4O2. The van der Waals surface area contributed by atoms with Crippen LogP contribution < -0.4 is 10.2 Å². The smallest absolute Gasteiger partial charge is 0.327 e. The van der Waals surface area contributed by atoms with Crippen LogP contribution in [0, 0.1) is 0 Å². The van der Waals surface area contributed by atoms with Crippen LogP contribution >= 0.6 is 24.0 Å². The fourth-order valence-electron chi connectivity index (χ4n) is 1.69. The molecule has 1 aromatic rings. The molecule has 2 rings (SSSR count). The molecule has 17 heavy (non-hydrogen) atoms. The fraction of sp³-hybridized carbons (Fsp3) is 0.444. The first-order valence-corrected chi connectivity index (χ1v) is 5.25. The summed E-state index contributed by atoms with van der Waals surface area (Å²) in [6, 6.07) is 1.05. The second kappa shape index (κ2) is 6.00. The van der Waals surface area contributed by atoms with Crippen molar-refractivity contribution in [2.45, 2.75) is 6.04 Å². The van der Waals surface area contributed by atoms with Gasteiger partial charge in [-0.05, 0) is 17.7 Å². The summed E-state index contributed by atoms with van der Waals surface area (Å²) in [6.45, 7) is 1.71. The molecule has 0 radical (unpaired) electrons. The van der Waals surface area contributed by atoms with E-state index in [2.05, 4.69) is 15.3 Å². The van der Waals surface area contributed by atoms with E-state index in [0.29, 0.717) is 18.9 Å². The van der Waals surface area contributed by atoms with Crippen LogP contribution in [0.15, 0.2) is 12.3 Å². The van der Waals surface area contributed by atoms with Crippen LogP contribution in [0.3, 0.4) is 0 Å². The normalized spacial score (nSPS) is 19.6. The SMILES string of the molecule is Cl.O=C(O)C1CNCCN1c1ccnc(Cl)n1. The van der Waals surface area contributed by atoms with Crippen LogP contribution in [0.5, 0.6) is 0 Å². The number of hydrogen-bond acceptors (Lipinski definition) is 5. The van der Waals surface area contributed by atoms with Crippen LogP contribution in [0.4, 0.5) is 5.82 Å². The van der Waals surface area contributed by atoms with Gasteiger partial charge in [0, 0.05) is 25.8 Å². The topological polar surface area (TPSA) is 78.4 Å². The van der Waals surface area contributed by atoms with E-state index in [1.807, 2.05) is 0 Å². The van der Waals surface area contributed by atoms with Gasteiger partial charge in [0.2, 0.25) is 5.28 Å². The van der Waals surface area contributed by atoms with Crippen molar-refractivity contribution < 1.29 is 9.90 Å². The minimum absolute atomic E-state index is 0. The van der Waals surface area contributed by atoms with Gasteiger partial charge in [0.05, 0.1) is 0 Å². The summed E-state index contributed by atoms with van der Waals surface area (Å²) in [5.41, 5.74) is 0. The van der Waals surface area contributed by atoms with E-state index in [1.54, 1.807) is 11.0 Å². The van der Waals surface area contributed by atoms with Crippen molar-refractivity contribution in [1.82, 2.24) is 15.3 Å². The third-order valence-corrected chi connectivity index (χ3v) is 2.62. The van der Waals surface area contributed by atoms with Gasteiger partial charge >= 0.3 is 5.97 Å². The third kappa shape index (κ3) is 3.18. The lowest BCUT2D eigenvalue weighted by Gasteiger charge is -2.34. The van der Waals surface area contributed by atoms with Gasteiger partial charge in [-0.15, -0.1) is 12.4 Å². The summed E-state index contributed by atoms with van der Waals surface area (Å²) in [6.07, 6.45) is 1.52. The molecule has 1 fully saturated rings. The van der Waals surface area contributed by atoms with E-state index >= 15 is 0 Å². The van der Waals surface area contributed by atoms with Gasteiger partial charge < -0.3 is 15.3 Å². The quantitative estimate of drug-likeness (QED) is 0.764. The maximum atomic E-state index is 11.1. The number of rotatable bonds is 2. The number of nitrogens with one attached hydrogen (secondary N) is 1. The summed E-state index contributed by atoms with van der Waals surface area (Å²) >= 11 is 5.68. The second-order valence-corrected chi connectivity index (χ2v) is 3.77. The average Bonchev–Trinajstić information content (AvgIpc) is 2.29. The highest BCUT2D eigenvalue weighted by Crippen LogP contribution is 2.16. The Bertz CT molecular complexity index is 404. The molecule has 1 aliphatic rings. The van der Waals surface area contributed by atoms with E-state index in [4.69, 9.17) is 16.7 Å². The van der Waals surface area contributed by atoms with Crippen LogP contribution in [0.2, 0.25) is 5.28 Å². The molecule has 1 aliphatic heterocycles. The van der Waals surface area contributed by atoms with Gasteiger partial charge in [-0.2, -0.15) is 0 Å². The lowest BCUT2D eigenvalue weighted by Crippen LogP contribution is -2.55. The Balaban J connectivity index is 0.00000144.